The Bertz CT molecular complexity index is 1220. The number of alkyl halides is 1. The van der Waals surface area contributed by atoms with Crippen LogP contribution in [0, 0.1) is 6.92 Å². The molecule has 0 unspecified atom stereocenters. The van der Waals surface area contributed by atoms with Crippen molar-refractivity contribution < 1.29 is 14.2 Å². The molecule has 0 spiro atoms. The summed E-state index contributed by atoms with van der Waals surface area (Å²) in [7, 11) is 0. The number of aryl methyl sites for hydroxylation is 1. The first-order valence-electron chi connectivity index (χ1n) is 9.79. The highest BCUT2D eigenvalue weighted by Gasteiger charge is 2.15. The molecule has 0 aliphatic heterocycles. The molecular formula is C23H22FN5O2. The largest absolute Gasteiger partial charge is 0.437 e. The van der Waals surface area contributed by atoms with Gasteiger partial charge in [-0.3, -0.25) is 0 Å². The summed E-state index contributed by atoms with van der Waals surface area (Å²) in [6, 6.07) is 15.0. The molecule has 4 aromatic rings. The third-order valence-corrected chi connectivity index (χ3v) is 4.84. The lowest BCUT2D eigenvalue weighted by Gasteiger charge is -2.16. The molecule has 0 fully saturated rings. The summed E-state index contributed by atoms with van der Waals surface area (Å²) in [5, 5.41) is 14.4. The third kappa shape index (κ3) is 4.39. The Morgan fingerprint density at radius 1 is 1.06 bits per heavy atom. The molecular weight excluding hydrogens is 397 g/mol. The lowest BCUT2D eigenvalue weighted by Crippen LogP contribution is -2.21. The SMILES string of the molecule is Cc1ccc2c(NC[C@@H](O)CF)cccc2c1Oc1ncccc1-c1ccnc(N)n1. The number of nitrogens with one attached hydrogen (secondary N) is 1. The Kier molecular flexibility index (Phi) is 5.90. The summed E-state index contributed by atoms with van der Waals surface area (Å²) in [4.78, 5) is 12.6. The van der Waals surface area contributed by atoms with E-state index in [0.717, 1.165) is 22.0 Å². The van der Waals surface area contributed by atoms with E-state index in [1.54, 1.807) is 24.5 Å². The predicted octanol–water partition coefficient (Wildman–Crippen LogP) is 4.12. The average Bonchev–Trinajstić information content (AvgIpc) is 2.79. The van der Waals surface area contributed by atoms with Crippen LogP contribution in [0.15, 0.2) is 60.9 Å². The first kappa shape index (κ1) is 20.5. The molecule has 7 nitrogen and oxygen atoms in total. The van der Waals surface area contributed by atoms with Crippen molar-refractivity contribution >= 4 is 22.4 Å². The lowest BCUT2D eigenvalue weighted by atomic mass is 10.0. The van der Waals surface area contributed by atoms with Gasteiger partial charge in [-0.05, 0) is 36.8 Å². The summed E-state index contributed by atoms with van der Waals surface area (Å²) in [5.74, 6) is 1.21. The van der Waals surface area contributed by atoms with Gasteiger partial charge in [0.2, 0.25) is 11.8 Å². The van der Waals surface area contributed by atoms with Crippen molar-refractivity contribution in [1.82, 2.24) is 15.0 Å². The third-order valence-electron chi connectivity index (χ3n) is 4.84. The Labute approximate surface area is 178 Å². The number of rotatable bonds is 7. The van der Waals surface area contributed by atoms with Gasteiger partial charge in [-0.2, -0.15) is 0 Å². The van der Waals surface area contributed by atoms with E-state index < -0.39 is 12.8 Å². The summed E-state index contributed by atoms with van der Waals surface area (Å²) in [6.45, 7) is 1.26. The second-order valence-electron chi connectivity index (χ2n) is 7.06. The fourth-order valence-electron chi connectivity index (χ4n) is 3.30. The van der Waals surface area contributed by atoms with Crippen molar-refractivity contribution in [3.05, 3.63) is 66.5 Å². The van der Waals surface area contributed by atoms with Crippen LogP contribution in [0.5, 0.6) is 11.6 Å². The minimum Gasteiger partial charge on any atom is -0.437 e. The van der Waals surface area contributed by atoms with Crippen LogP contribution >= 0.6 is 0 Å². The minimum absolute atomic E-state index is 0.110. The van der Waals surface area contributed by atoms with Crippen molar-refractivity contribution in [2.75, 3.05) is 24.3 Å². The highest BCUT2D eigenvalue weighted by molar-refractivity contribution is 5.98. The van der Waals surface area contributed by atoms with E-state index in [1.165, 1.54) is 0 Å². The molecule has 2 aromatic carbocycles. The molecule has 0 aliphatic carbocycles. The van der Waals surface area contributed by atoms with Crippen molar-refractivity contribution in [2.45, 2.75) is 13.0 Å². The van der Waals surface area contributed by atoms with E-state index in [0.29, 0.717) is 22.9 Å². The quantitative estimate of drug-likeness (QED) is 0.414. The van der Waals surface area contributed by atoms with Gasteiger partial charge in [0.15, 0.2) is 0 Å². The first-order chi connectivity index (χ1) is 15.1. The minimum atomic E-state index is -1.06. The summed E-state index contributed by atoms with van der Waals surface area (Å²) >= 11 is 0. The molecule has 0 saturated carbocycles. The van der Waals surface area contributed by atoms with Crippen LogP contribution in [0.2, 0.25) is 0 Å². The number of ether oxygens (including phenoxy) is 1. The second kappa shape index (κ2) is 8.93. The zero-order chi connectivity index (χ0) is 21.8. The summed E-state index contributed by atoms with van der Waals surface area (Å²) in [6.07, 6.45) is 2.17. The normalized spacial score (nSPS) is 12.0. The van der Waals surface area contributed by atoms with Crippen LogP contribution in [0.4, 0.5) is 16.0 Å². The van der Waals surface area contributed by atoms with Gasteiger partial charge in [0, 0.05) is 35.4 Å². The van der Waals surface area contributed by atoms with E-state index >= 15 is 0 Å². The Morgan fingerprint density at radius 2 is 1.94 bits per heavy atom. The van der Waals surface area contributed by atoms with Crippen molar-refractivity contribution in [3.8, 4) is 22.9 Å². The van der Waals surface area contributed by atoms with E-state index in [2.05, 4.69) is 20.3 Å². The van der Waals surface area contributed by atoms with Crippen molar-refractivity contribution in [3.63, 3.8) is 0 Å². The molecule has 0 amide bonds. The number of nitrogens with zero attached hydrogens (tertiary/aromatic N) is 3. The molecule has 0 radical (unpaired) electrons. The van der Waals surface area contributed by atoms with Gasteiger partial charge in [-0.25, -0.2) is 19.3 Å². The van der Waals surface area contributed by atoms with Crippen LogP contribution in [-0.2, 0) is 0 Å². The molecule has 2 aromatic heterocycles. The molecule has 2 heterocycles. The number of hydrogen-bond donors (Lipinski definition) is 3. The number of nitrogens with two attached hydrogens (primary N) is 1. The van der Waals surface area contributed by atoms with Crippen LogP contribution in [0.3, 0.4) is 0 Å². The summed E-state index contributed by atoms with van der Waals surface area (Å²) in [5.41, 5.74) is 8.74. The zero-order valence-corrected chi connectivity index (χ0v) is 16.9. The molecule has 4 N–H and O–H groups in total. The van der Waals surface area contributed by atoms with E-state index in [-0.39, 0.29) is 12.5 Å². The van der Waals surface area contributed by atoms with Gasteiger partial charge in [0.1, 0.15) is 12.4 Å². The number of anilines is 2. The molecule has 4 rings (SSSR count). The molecule has 0 saturated heterocycles. The number of hydrogen-bond acceptors (Lipinski definition) is 7. The Balaban J connectivity index is 1.75. The van der Waals surface area contributed by atoms with Gasteiger partial charge in [0.05, 0.1) is 17.4 Å². The number of fused-ring (bicyclic) bond motifs is 1. The van der Waals surface area contributed by atoms with Crippen molar-refractivity contribution in [2.24, 2.45) is 0 Å². The van der Waals surface area contributed by atoms with E-state index in [9.17, 15) is 9.50 Å². The van der Waals surface area contributed by atoms with Gasteiger partial charge >= 0.3 is 0 Å². The standard InChI is InChI=1S/C23H22FN5O2/c1-14-7-8-16-17(4-2-6-19(16)28-13-15(30)12-24)21(14)31-22-18(5-3-10-26-22)20-9-11-27-23(25)29-20/h2-11,15,28,30H,12-13H2,1H3,(H2,25,27,29)/t15-/m0/s1. The Hall–Kier alpha value is -3.78. The monoisotopic (exact) mass is 419 g/mol. The number of pyridine rings is 1. The second-order valence-corrected chi connectivity index (χ2v) is 7.06. The molecule has 158 valence electrons. The number of aromatic nitrogens is 3. The maximum absolute atomic E-state index is 12.6. The molecule has 0 aliphatic rings. The number of halogens is 1. The van der Waals surface area contributed by atoms with Gasteiger partial charge in [0.25, 0.3) is 0 Å². The van der Waals surface area contributed by atoms with Crippen LogP contribution in [-0.4, -0.2) is 39.4 Å². The fraction of sp³-hybridized carbons (Fsp3) is 0.174. The Morgan fingerprint density at radius 3 is 2.74 bits per heavy atom. The van der Waals surface area contributed by atoms with Crippen molar-refractivity contribution in [1.29, 1.82) is 0 Å². The van der Waals surface area contributed by atoms with Gasteiger partial charge in [-0.1, -0.05) is 24.3 Å². The summed E-state index contributed by atoms with van der Waals surface area (Å²) < 4.78 is 18.9. The highest BCUT2D eigenvalue weighted by Crippen LogP contribution is 2.38. The average molecular weight is 419 g/mol. The number of aliphatic hydroxyl groups excluding tert-OH is 1. The number of nitrogen functional groups attached to an aromatic ring is 1. The van der Waals surface area contributed by atoms with E-state index in [4.69, 9.17) is 10.5 Å². The van der Waals surface area contributed by atoms with Crippen LogP contribution in [0.1, 0.15) is 5.56 Å². The lowest BCUT2D eigenvalue weighted by molar-refractivity contribution is 0.151. The van der Waals surface area contributed by atoms with Gasteiger partial charge in [-0.15, -0.1) is 0 Å². The smallest absolute Gasteiger partial charge is 0.228 e. The van der Waals surface area contributed by atoms with Crippen LogP contribution in [0.25, 0.3) is 22.0 Å². The number of benzene rings is 2. The number of aliphatic hydroxyl groups is 1. The zero-order valence-electron chi connectivity index (χ0n) is 16.9. The van der Waals surface area contributed by atoms with Gasteiger partial charge < -0.3 is 20.9 Å². The fourth-order valence-corrected chi connectivity index (χ4v) is 3.30. The highest BCUT2D eigenvalue weighted by atomic mass is 19.1. The first-order valence-corrected chi connectivity index (χ1v) is 9.79. The van der Waals surface area contributed by atoms with E-state index in [1.807, 2.05) is 43.3 Å². The maximum Gasteiger partial charge on any atom is 0.228 e. The topological polar surface area (TPSA) is 106 Å². The predicted molar refractivity (Wildman–Crippen MR) is 119 cm³/mol. The molecule has 31 heavy (non-hydrogen) atoms. The molecule has 0 bridgehead atoms. The molecule has 1 atom stereocenters. The maximum atomic E-state index is 12.6. The molecule has 8 heteroatoms. The van der Waals surface area contributed by atoms with Crippen LogP contribution < -0.4 is 15.8 Å².